The molecule has 0 aliphatic rings. The molecule has 3 N–H and O–H groups in total. The van der Waals surface area contributed by atoms with Gasteiger partial charge in [-0.2, -0.15) is 0 Å². The molecule has 0 saturated carbocycles. The summed E-state index contributed by atoms with van der Waals surface area (Å²) in [6.07, 6.45) is 1.45. The van der Waals surface area contributed by atoms with Crippen LogP contribution in [0, 0.1) is 0 Å². The number of hydrogen-bond acceptors (Lipinski definition) is 4. The van der Waals surface area contributed by atoms with Crippen LogP contribution in [0.4, 0.5) is 5.82 Å². The zero-order valence-electron chi connectivity index (χ0n) is 7.91. The minimum absolute atomic E-state index is 0.0811. The van der Waals surface area contributed by atoms with E-state index in [9.17, 15) is 4.79 Å². The van der Waals surface area contributed by atoms with Crippen molar-refractivity contribution >= 4 is 23.3 Å². The maximum atomic E-state index is 11.4. The Balaban J connectivity index is 2.75. The van der Waals surface area contributed by atoms with E-state index >= 15 is 0 Å². The lowest BCUT2D eigenvalue weighted by molar-refractivity contribution is -0.120. The third kappa shape index (κ3) is 2.93. The summed E-state index contributed by atoms with van der Waals surface area (Å²) in [4.78, 5) is 18.9. The van der Waals surface area contributed by atoms with Gasteiger partial charge >= 0.3 is 0 Å². The number of carbonyl (C=O) groups excluding carboxylic acids is 1. The van der Waals surface area contributed by atoms with Crippen LogP contribution < -0.4 is 11.1 Å². The highest BCUT2D eigenvalue weighted by Crippen LogP contribution is 2.08. The molecule has 76 valence electrons. The van der Waals surface area contributed by atoms with E-state index in [1.54, 1.807) is 13.8 Å². The van der Waals surface area contributed by atoms with Crippen molar-refractivity contribution in [3.8, 4) is 0 Å². The third-order valence-corrected chi connectivity index (χ3v) is 1.64. The van der Waals surface area contributed by atoms with Crippen LogP contribution >= 0.6 is 11.6 Å². The average Bonchev–Trinajstić information content (AvgIpc) is 2.02. The van der Waals surface area contributed by atoms with Crippen LogP contribution in [0.1, 0.15) is 13.8 Å². The van der Waals surface area contributed by atoms with Crippen molar-refractivity contribution in [2.75, 3.05) is 5.32 Å². The van der Waals surface area contributed by atoms with Gasteiger partial charge in [-0.05, 0) is 31.5 Å². The van der Waals surface area contributed by atoms with Gasteiger partial charge in [-0.15, -0.1) is 0 Å². The smallest absolute Gasteiger partial charge is 0.245 e. The Morgan fingerprint density at radius 2 is 2.29 bits per heavy atom. The highest BCUT2D eigenvalue weighted by atomic mass is 35.5. The Morgan fingerprint density at radius 3 is 2.79 bits per heavy atom. The Labute approximate surface area is 86.7 Å². The number of aromatic nitrogens is 2. The van der Waals surface area contributed by atoms with E-state index in [1.165, 1.54) is 12.3 Å². The summed E-state index contributed by atoms with van der Waals surface area (Å²) < 4.78 is 0. The molecule has 0 aliphatic heterocycles. The summed E-state index contributed by atoms with van der Waals surface area (Å²) >= 11 is 5.54. The number of nitrogens with one attached hydrogen (secondary N) is 1. The molecular weight excluding hydrogens is 204 g/mol. The van der Waals surface area contributed by atoms with Crippen molar-refractivity contribution in [2.24, 2.45) is 5.73 Å². The van der Waals surface area contributed by atoms with Gasteiger partial charge in [0.1, 0.15) is 5.82 Å². The van der Waals surface area contributed by atoms with Gasteiger partial charge in [0.05, 0.1) is 5.54 Å². The van der Waals surface area contributed by atoms with Crippen molar-refractivity contribution < 1.29 is 4.79 Å². The maximum absolute atomic E-state index is 11.4. The molecule has 1 rings (SSSR count). The molecular formula is C8H11ClN4O. The molecule has 0 unspecified atom stereocenters. The highest BCUT2D eigenvalue weighted by Gasteiger charge is 2.22. The number of nitrogens with two attached hydrogens (primary N) is 1. The van der Waals surface area contributed by atoms with Crippen molar-refractivity contribution in [1.82, 2.24) is 9.97 Å². The molecule has 1 amide bonds. The largest absolute Gasteiger partial charge is 0.318 e. The topological polar surface area (TPSA) is 80.9 Å². The number of nitrogens with zero attached hydrogens (tertiary/aromatic N) is 2. The predicted molar refractivity (Wildman–Crippen MR) is 53.9 cm³/mol. The van der Waals surface area contributed by atoms with Crippen molar-refractivity contribution in [3.05, 3.63) is 17.5 Å². The fraction of sp³-hybridized carbons (Fsp3) is 0.375. The van der Waals surface area contributed by atoms with Gasteiger partial charge in [0.25, 0.3) is 0 Å². The number of halogens is 1. The van der Waals surface area contributed by atoms with Gasteiger partial charge in [-0.3, -0.25) is 4.79 Å². The zero-order chi connectivity index (χ0) is 10.8. The van der Waals surface area contributed by atoms with E-state index in [1.807, 2.05) is 0 Å². The zero-order valence-corrected chi connectivity index (χ0v) is 8.67. The molecule has 0 saturated heterocycles. The predicted octanol–water partition coefficient (Wildman–Crippen LogP) is 0.806. The summed E-state index contributed by atoms with van der Waals surface area (Å²) in [5.74, 6) is 0.0146. The molecule has 14 heavy (non-hydrogen) atoms. The van der Waals surface area contributed by atoms with E-state index in [0.717, 1.165) is 0 Å². The van der Waals surface area contributed by atoms with Gasteiger partial charge in [-0.25, -0.2) is 9.97 Å². The van der Waals surface area contributed by atoms with E-state index in [4.69, 9.17) is 17.3 Å². The molecule has 0 spiro atoms. The summed E-state index contributed by atoms with van der Waals surface area (Å²) in [6.45, 7) is 3.20. The molecule has 0 aliphatic carbocycles. The van der Waals surface area contributed by atoms with Crippen LogP contribution in [-0.2, 0) is 4.79 Å². The van der Waals surface area contributed by atoms with Crippen LogP contribution in [0.25, 0.3) is 0 Å². The van der Waals surface area contributed by atoms with Crippen LogP contribution in [0.5, 0.6) is 0 Å². The molecule has 1 heterocycles. The minimum atomic E-state index is -0.947. The molecule has 0 aromatic carbocycles. The maximum Gasteiger partial charge on any atom is 0.245 e. The second-order valence-corrected chi connectivity index (χ2v) is 3.72. The summed E-state index contributed by atoms with van der Waals surface area (Å²) in [7, 11) is 0. The molecule has 0 bridgehead atoms. The van der Waals surface area contributed by atoms with Crippen LogP contribution in [0.15, 0.2) is 12.3 Å². The molecule has 6 heteroatoms. The molecule has 1 aromatic rings. The number of hydrogen-bond donors (Lipinski definition) is 2. The van der Waals surface area contributed by atoms with Crippen LogP contribution in [-0.4, -0.2) is 21.4 Å². The number of carbonyl (C=O) groups is 1. The second kappa shape index (κ2) is 3.89. The highest BCUT2D eigenvalue weighted by molar-refractivity contribution is 6.28. The monoisotopic (exact) mass is 214 g/mol. The van der Waals surface area contributed by atoms with Gasteiger partial charge in [0.2, 0.25) is 11.2 Å². The van der Waals surface area contributed by atoms with Gasteiger partial charge < -0.3 is 11.1 Å². The Bertz CT molecular complexity index is 347. The first-order valence-electron chi connectivity index (χ1n) is 3.98. The molecule has 0 radical (unpaired) electrons. The van der Waals surface area contributed by atoms with Crippen molar-refractivity contribution in [2.45, 2.75) is 19.4 Å². The van der Waals surface area contributed by atoms with Crippen molar-refractivity contribution in [1.29, 1.82) is 0 Å². The lowest BCUT2D eigenvalue weighted by atomic mass is 10.1. The van der Waals surface area contributed by atoms with E-state index in [-0.39, 0.29) is 11.2 Å². The second-order valence-electron chi connectivity index (χ2n) is 3.39. The normalized spacial score (nSPS) is 11.1. The van der Waals surface area contributed by atoms with E-state index in [0.29, 0.717) is 5.82 Å². The average molecular weight is 215 g/mol. The van der Waals surface area contributed by atoms with Gasteiger partial charge in [0.15, 0.2) is 0 Å². The molecule has 1 aromatic heterocycles. The fourth-order valence-corrected chi connectivity index (χ4v) is 0.829. The van der Waals surface area contributed by atoms with E-state index in [2.05, 4.69) is 15.3 Å². The van der Waals surface area contributed by atoms with Crippen LogP contribution in [0.3, 0.4) is 0 Å². The molecule has 5 nitrogen and oxygen atoms in total. The Kier molecular flexibility index (Phi) is 3.03. The fourth-order valence-electron chi connectivity index (χ4n) is 0.682. The first kappa shape index (κ1) is 10.9. The number of anilines is 1. The summed E-state index contributed by atoms with van der Waals surface area (Å²) in [5.41, 5.74) is 4.63. The van der Waals surface area contributed by atoms with Crippen LogP contribution in [0.2, 0.25) is 5.28 Å². The summed E-state index contributed by atoms with van der Waals surface area (Å²) in [6, 6.07) is 1.54. The quantitative estimate of drug-likeness (QED) is 0.714. The lowest BCUT2D eigenvalue weighted by Gasteiger charge is -2.16. The number of amides is 1. The standard InChI is InChI=1S/C8H11ClN4O/c1-8(2,10)6(14)12-5-3-4-11-7(9)13-5/h3-4H,10H2,1-2H3,(H,11,12,13,14). The van der Waals surface area contributed by atoms with Crippen molar-refractivity contribution in [3.63, 3.8) is 0 Å². The van der Waals surface area contributed by atoms with Gasteiger partial charge in [-0.1, -0.05) is 0 Å². The first-order valence-corrected chi connectivity index (χ1v) is 4.36. The Morgan fingerprint density at radius 1 is 1.64 bits per heavy atom. The first-order chi connectivity index (χ1) is 6.39. The third-order valence-electron chi connectivity index (χ3n) is 1.45. The number of rotatable bonds is 2. The Hall–Kier alpha value is -1.20. The van der Waals surface area contributed by atoms with E-state index < -0.39 is 5.54 Å². The van der Waals surface area contributed by atoms with Gasteiger partial charge in [0, 0.05) is 6.20 Å². The molecule has 0 fully saturated rings. The minimum Gasteiger partial charge on any atom is -0.318 e. The SMILES string of the molecule is CC(C)(N)C(=O)Nc1ccnc(Cl)n1. The summed E-state index contributed by atoms with van der Waals surface area (Å²) in [5, 5.41) is 2.60. The lowest BCUT2D eigenvalue weighted by Crippen LogP contribution is -2.45. The molecule has 0 atom stereocenters.